The number of nitrogens with one attached hydrogen (secondary N) is 1. The molecule has 0 aliphatic carbocycles. The van der Waals surface area contributed by atoms with Crippen LogP contribution in [0.5, 0.6) is 0 Å². The first kappa shape index (κ1) is 15.4. The van der Waals surface area contributed by atoms with Gasteiger partial charge in [0.15, 0.2) is 0 Å². The quantitative estimate of drug-likeness (QED) is 0.891. The van der Waals surface area contributed by atoms with E-state index < -0.39 is 12.2 Å². The van der Waals surface area contributed by atoms with E-state index in [1.807, 2.05) is 30.3 Å². The molecule has 110 valence electrons. The zero-order valence-electron chi connectivity index (χ0n) is 11.3. The molecule has 5 heteroatoms. The van der Waals surface area contributed by atoms with Gasteiger partial charge in [0.1, 0.15) is 6.61 Å². The topological polar surface area (TPSA) is 58.6 Å². The number of aliphatic hydroxyl groups excluding tert-OH is 1. The van der Waals surface area contributed by atoms with Crippen LogP contribution in [-0.4, -0.2) is 17.7 Å². The summed E-state index contributed by atoms with van der Waals surface area (Å²) in [6.07, 6.45) is -1.40. The fraction of sp³-hybridized carbons (Fsp3) is 0.188. The third kappa shape index (κ3) is 5.10. The first-order valence-electron chi connectivity index (χ1n) is 6.53. The van der Waals surface area contributed by atoms with Crippen molar-refractivity contribution >= 4 is 17.7 Å². The van der Waals surface area contributed by atoms with E-state index in [9.17, 15) is 9.90 Å². The number of benzene rings is 2. The highest BCUT2D eigenvalue weighted by molar-refractivity contribution is 6.30. The molecule has 0 radical (unpaired) electrons. The average molecular weight is 306 g/mol. The Morgan fingerprint density at radius 1 is 1.19 bits per heavy atom. The molecule has 1 amide bonds. The number of carbonyl (C=O) groups is 1. The Labute approximate surface area is 128 Å². The molecule has 0 fully saturated rings. The zero-order valence-corrected chi connectivity index (χ0v) is 12.1. The van der Waals surface area contributed by atoms with Gasteiger partial charge in [-0.25, -0.2) is 4.79 Å². The van der Waals surface area contributed by atoms with Crippen LogP contribution in [0.2, 0.25) is 5.02 Å². The molecule has 2 aromatic carbocycles. The highest BCUT2D eigenvalue weighted by atomic mass is 35.5. The SMILES string of the molecule is O=C(NC[C@@H](O)c1cccc(Cl)c1)OCc1ccccc1. The van der Waals surface area contributed by atoms with E-state index in [1.54, 1.807) is 24.3 Å². The highest BCUT2D eigenvalue weighted by Crippen LogP contribution is 2.17. The van der Waals surface area contributed by atoms with Crippen LogP contribution >= 0.6 is 11.6 Å². The molecule has 21 heavy (non-hydrogen) atoms. The van der Waals surface area contributed by atoms with E-state index in [2.05, 4.69) is 5.32 Å². The molecule has 0 spiro atoms. The monoisotopic (exact) mass is 305 g/mol. The molecule has 0 heterocycles. The Balaban J connectivity index is 1.76. The summed E-state index contributed by atoms with van der Waals surface area (Å²) in [5, 5.41) is 13.0. The molecule has 2 aromatic rings. The first-order valence-corrected chi connectivity index (χ1v) is 6.91. The minimum Gasteiger partial charge on any atom is -0.445 e. The van der Waals surface area contributed by atoms with Crippen molar-refractivity contribution in [3.8, 4) is 0 Å². The number of rotatable bonds is 5. The van der Waals surface area contributed by atoms with Crippen LogP contribution in [0.15, 0.2) is 54.6 Å². The number of ether oxygens (including phenoxy) is 1. The van der Waals surface area contributed by atoms with Crippen LogP contribution in [0.4, 0.5) is 4.79 Å². The Morgan fingerprint density at radius 2 is 1.95 bits per heavy atom. The first-order chi connectivity index (χ1) is 10.1. The maximum Gasteiger partial charge on any atom is 0.407 e. The van der Waals surface area contributed by atoms with E-state index in [0.29, 0.717) is 10.6 Å². The maximum atomic E-state index is 11.5. The molecule has 0 aliphatic rings. The molecule has 0 aromatic heterocycles. The van der Waals surface area contributed by atoms with E-state index in [0.717, 1.165) is 5.56 Å². The third-order valence-corrected chi connectivity index (χ3v) is 3.12. The number of aliphatic hydroxyl groups is 1. The van der Waals surface area contributed by atoms with Gasteiger partial charge < -0.3 is 15.2 Å². The Kier molecular flexibility index (Phi) is 5.60. The van der Waals surface area contributed by atoms with Crippen LogP contribution < -0.4 is 5.32 Å². The minimum absolute atomic E-state index is 0.0635. The summed E-state index contributed by atoms with van der Waals surface area (Å²) >= 11 is 5.85. The Hall–Kier alpha value is -2.04. The largest absolute Gasteiger partial charge is 0.445 e. The summed E-state index contributed by atoms with van der Waals surface area (Å²) in [5.41, 5.74) is 1.55. The van der Waals surface area contributed by atoms with Crippen LogP contribution in [0.3, 0.4) is 0 Å². The third-order valence-electron chi connectivity index (χ3n) is 2.89. The molecule has 0 unspecified atom stereocenters. The summed E-state index contributed by atoms with van der Waals surface area (Å²) in [5.74, 6) is 0. The van der Waals surface area contributed by atoms with Crippen LogP contribution in [0.1, 0.15) is 17.2 Å². The number of alkyl carbamates (subject to hydrolysis) is 1. The van der Waals surface area contributed by atoms with Gasteiger partial charge in [-0.15, -0.1) is 0 Å². The van der Waals surface area contributed by atoms with Gasteiger partial charge in [0, 0.05) is 5.02 Å². The fourth-order valence-electron chi connectivity index (χ4n) is 1.79. The second-order valence-electron chi connectivity index (χ2n) is 4.51. The fourth-order valence-corrected chi connectivity index (χ4v) is 1.98. The summed E-state index contributed by atoms with van der Waals surface area (Å²) in [6, 6.07) is 16.2. The maximum absolute atomic E-state index is 11.5. The number of amides is 1. The highest BCUT2D eigenvalue weighted by Gasteiger charge is 2.10. The lowest BCUT2D eigenvalue weighted by molar-refractivity contribution is 0.126. The van der Waals surface area contributed by atoms with Crippen molar-refractivity contribution in [2.75, 3.05) is 6.54 Å². The van der Waals surface area contributed by atoms with Gasteiger partial charge in [-0.05, 0) is 23.3 Å². The van der Waals surface area contributed by atoms with E-state index in [1.165, 1.54) is 0 Å². The molecule has 1 atom stereocenters. The molecule has 0 saturated carbocycles. The molecule has 2 N–H and O–H groups in total. The predicted octanol–water partition coefficient (Wildman–Crippen LogP) is 3.30. The molecule has 0 bridgehead atoms. The zero-order chi connectivity index (χ0) is 15.1. The van der Waals surface area contributed by atoms with E-state index in [-0.39, 0.29) is 13.2 Å². The smallest absolute Gasteiger partial charge is 0.407 e. The second-order valence-corrected chi connectivity index (χ2v) is 4.95. The van der Waals surface area contributed by atoms with Gasteiger partial charge in [0.25, 0.3) is 0 Å². The molecule has 4 nitrogen and oxygen atoms in total. The lowest BCUT2D eigenvalue weighted by Crippen LogP contribution is -2.28. The average Bonchev–Trinajstić information content (AvgIpc) is 2.51. The van der Waals surface area contributed by atoms with Crippen LogP contribution in [-0.2, 0) is 11.3 Å². The predicted molar refractivity (Wildman–Crippen MR) is 81.0 cm³/mol. The summed E-state index contributed by atoms with van der Waals surface area (Å²) in [4.78, 5) is 11.5. The van der Waals surface area contributed by atoms with Crippen molar-refractivity contribution in [3.05, 3.63) is 70.7 Å². The standard InChI is InChI=1S/C16H16ClNO3/c17-14-8-4-7-13(9-14)15(19)10-18-16(20)21-11-12-5-2-1-3-6-12/h1-9,15,19H,10-11H2,(H,18,20)/t15-/m1/s1. The summed E-state index contributed by atoms with van der Waals surface area (Å²) < 4.78 is 5.05. The van der Waals surface area contributed by atoms with Gasteiger partial charge in [0.05, 0.1) is 12.6 Å². The van der Waals surface area contributed by atoms with E-state index >= 15 is 0 Å². The summed E-state index contributed by atoms with van der Waals surface area (Å²) in [6.45, 7) is 0.258. The second kappa shape index (κ2) is 7.67. The van der Waals surface area contributed by atoms with Crippen molar-refractivity contribution in [3.63, 3.8) is 0 Å². The Bertz CT molecular complexity index is 589. The molecular formula is C16H16ClNO3. The number of halogens is 1. The van der Waals surface area contributed by atoms with Crippen molar-refractivity contribution in [2.45, 2.75) is 12.7 Å². The van der Waals surface area contributed by atoms with Gasteiger partial charge in [-0.2, -0.15) is 0 Å². The van der Waals surface area contributed by atoms with Gasteiger partial charge in [0.2, 0.25) is 0 Å². The normalized spacial score (nSPS) is 11.7. The number of hydrogen-bond acceptors (Lipinski definition) is 3. The Morgan fingerprint density at radius 3 is 2.67 bits per heavy atom. The number of carbonyl (C=O) groups excluding carboxylic acids is 1. The van der Waals surface area contributed by atoms with Crippen molar-refractivity contribution in [1.82, 2.24) is 5.32 Å². The van der Waals surface area contributed by atoms with E-state index in [4.69, 9.17) is 16.3 Å². The van der Waals surface area contributed by atoms with Gasteiger partial charge in [-0.1, -0.05) is 54.1 Å². The lowest BCUT2D eigenvalue weighted by atomic mass is 10.1. The van der Waals surface area contributed by atoms with Crippen LogP contribution in [0, 0.1) is 0 Å². The minimum atomic E-state index is -0.826. The van der Waals surface area contributed by atoms with Crippen LogP contribution in [0.25, 0.3) is 0 Å². The van der Waals surface area contributed by atoms with Gasteiger partial charge in [-0.3, -0.25) is 0 Å². The molecule has 0 aliphatic heterocycles. The number of hydrogen-bond donors (Lipinski definition) is 2. The molecule has 2 rings (SSSR count). The lowest BCUT2D eigenvalue weighted by Gasteiger charge is -2.12. The van der Waals surface area contributed by atoms with Gasteiger partial charge >= 0.3 is 6.09 Å². The molecule has 0 saturated heterocycles. The molecular weight excluding hydrogens is 290 g/mol. The summed E-state index contributed by atoms with van der Waals surface area (Å²) in [7, 11) is 0. The van der Waals surface area contributed by atoms with Crippen molar-refractivity contribution in [1.29, 1.82) is 0 Å². The van der Waals surface area contributed by atoms with Crippen molar-refractivity contribution < 1.29 is 14.6 Å². The van der Waals surface area contributed by atoms with Crippen molar-refractivity contribution in [2.24, 2.45) is 0 Å².